The molecule has 0 bridgehead atoms. The molecule has 1 aromatic heterocycles. The number of rotatable bonds is 2. The van der Waals surface area contributed by atoms with Crippen LogP contribution in [-0.4, -0.2) is 27.9 Å². The standard InChI is InChI=1S/C12H13FN4/c1-17-12(9-4-2-3-5-10(9)13)15-11(16-17)8-6-14-7-8/h2-5,8,14H,6-7H2,1H3. The van der Waals surface area contributed by atoms with Crippen LogP contribution in [0.1, 0.15) is 11.7 Å². The molecule has 2 aromatic rings. The van der Waals surface area contributed by atoms with E-state index in [9.17, 15) is 4.39 Å². The first-order chi connectivity index (χ1) is 8.25. The summed E-state index contributed by atoms with van der Waals surface area (Å²) in [5, 5.41) is 7.53. The zero-order chi connectivity index (χ0) is 11.8. The molecular formula is C12H13FN4. The lowest BCUT2D eigenvalue weighted by molar-refractivity contribution is 0.428. The SMILES string of the molecule is Cn1nc(C2CNC2)nc1-c1ccccc1F. The number of nitrogens with zero attached hydrogens (tertiary/aromatic N) is 3. The normalized spacial score (nSPS) is 15.9. The molecule has 3 rings (SSSR count). The molecule has 1 saturated heterocycles. The van der Waals surface area contributed by atoms with Crippen LogP contribution in [0, 0.1) is 5.82 Å². The molecule has 1 N–H and O–H groups in total. The minimum Gasteiger partial charge on any atom is -0.315 e. The lowest BCUT2D eigenvalue weighted by Gasteiger charge is -2.23. The highest BCUT2D eigenvalue weighted by molar-refractivity contribution is 5.56. The van der Waals surface area contributed by atoms with E-state index in [2.05, 4.69) is 15.4 Å². The van der Waals surface area contributed by atoms with Crippen LogP contribution < -0.4 is 5.32 Å². The van der Waals surface area contributed by atoms with Crippen LogP contribution >= 0.6 is 0 Å². The van der Waals surface area contributed by atoms with Crippen molar-refractivity contribution >= 4 is 0 Å². The summed E-state index contributed by atoms with van der Waals surface area (Å²) in [6.45, 7) is 1.81. The third-order valence-corrected chi connectivity index (χ3v) is 3.04. The molecule has 0 radical (unpaired) electrons. The molecule has 0 amide bonds. The predicted octanol–water partition coefficient (Wildman–Crippen LogP) is 1.31. The molecule has 88 valence electrons. The lowest BCUT2D eigenvalue weighted by atomic mass is 10.0. The maximum Gasteiger partial charge on any atom is 0.161 e. The third kappa shape index (κ3) is 1.72. The number of aryl methyl sites for hydroxylation is 1. The minimum absolute atomic E-state index is 0.263. The lowest BCUT2D eigenvalue weighted by Crippen LogP contribution is -2.40. The van der Waals surface area contributed by atoms with Gasteiger partial charge in [0.2, 0.25) is 0 Å². The van der Waals surface area contributed by atoms with Gasteiger partial charge in [-0.2, -0.15) is 5.10 Å². The molecule has 0 spiro atoms. The third-order valence-electron chi connectivity index (χ3n) is 3.04. The summed E-state index contributed by atoms with van der Waals surface area (Å²) < 4.78 is 15.3. The molecule has 4 nitrogen and oxygen atoms in total. The first-order valence-electron chi connectivity index (χ1n) is 5.62. The summed E-state index contributed by atoms with van der Waals surface area (Å²) >= 11 is 0. The van der Waals surface area contributed by atoms with Gasteiger partial charge in [0.25, 0.3) is 0 Å². The van der Waals surface area contributed by atoms with Gasteiger partial charge in [-0.25, -0.2) is 14.1 Å². The Morgan fingerprint density at radius 1 is 1.35 bits per heavy atom. The van der Waals surface area contributed by atoms with Crippen molar-refractivity contribution in [3.8, 4) is 11.4 Å². The molecule has 2 heterocycles. The van der Waals surface area contributed by atoms with E-state index in [0.717, 1.165) is 18.9 Å². The number of hydrogen-bond acceptors (Lipinski definition) is 3. The highest BCUT2D eigenvalue weighted by Gasteiger charge is 2.24. The molecule has 1 fully saturated rings. The largest absolute Gasteiger partial charge is 0.315 e. The molecule has 0 unspecified atom stereocenters. The zero-order valence-corrected chi connectivity index (χ0v) is 9.52. The topological polar surface area (TPSA) is 42.7 Å². The van der Waals surface area contributed by atoms with Gasteiger partial charge in [-0.05, 0) is 12.1 Å². The average molecular weight is 232 g/mol. The van der Waals surface area contributed by atoms with Gasteiger partial charge in [0.1, 0.15) is 5.82 Å². The number of aromatic nitrogens is 3. The summed E-state index contributed by atoms with van der Waals surface area (Å²) in [5.41, 5.74) is 0.501. The Kier molecular flexibility index (Phi) is 2.40. The fourth-order valence-corrected chi connectivity index (χ4v) is 1.93. The quantitative estimate of drug-likeness (QED) is 0.849. The van der Waals surface area contributed by atoms with Gasteiger partial charge in [0.05, 0.1) is 5.56 Å². The van der Waals surface area contributed by atoms with E-state index in [1.165, 1.54) is 6.07 Å². The van der Waals surface area contributed by atoms with Crippen LogP contribution in [-0.2, 0) is 7.05 Å². The zero-order valence-electron chi connectivity index (χ0n) is 9.52. The summed E-state index contributed by atoms with van der Waals surface area (Å²) in [7, 11) is 1.80. The average Bonchev–Trinajstić information content (AvgIpc) is 2.58. The molecule has 1 aliphatic heterocycles. The number of halogens is 1. The van der Waals surface area contributed by atoms with E-state index in [4.69, 9.17) is 0 Å². The van der Waals surface area contributed by atoms with Gasteiger partial charge >= 0.3 is 0 Å². The first-order valence-corrected chi connectivity index (χ1v) is 5.62. The van der Waals surface area contributed by atoms with Crippen molar-refractivity contribution < 1.29 is 4.39 Å². The van der Waals surface area contributed by atoms with E-state index in [-0.39, 0.29) is 5.82 Å². The highest BCUT2D eigenvalue weighted by atomic mass is 19.1. The van der Waals surface area contributed by atoms with Gasteiger partial charge in [-0.15, -0.1) is 0 Å². The van der Waals surface area contributed by atoms with E-state index < -0.39 is 0 Å². The molecule has 1 aromatic carbocycles. The minimum atomic E-state index is -0.263. The maximum atomic E-state index is 13.7. The van der Waals surface area contributed by atoms with Crippen molar-refractivity contribution in [3.05, 3.63) is 35.9 Å². The highest BCUT2D eigenvalue weighted by Crippen LogP contribution is 2.23. The predicted molar refractivity (Wildman–Crippen MR) is 62.0 cm³/mol. The summed E-state index contributed by atoms with van der Waals surface area (Å²) in [6.07, 6.45) is 0. The Hall–Kier alpha value is -1.75. The van der Waals surface area contributed by atoms with E-state index in [1.54, 1.807) is 29.9 Å². The summed E-state index contributed by atoms with van der Waals surface area (Å²) in [5.74, 6) is 1.48. The van der Waals surface area contributed by atoms with Crippen molar-refractivity contribution in [1.29, 1.82) is 0 Å². The van der Waals surface area contributed by atoms with Gasteiger partial charge in [0.15, 0.2) is 11.6 Å². The number of nitrogens with one attached hydrogen (secondary N) is 1. The van der Waals surface area contributed by atoms with Crippen molar-refractivity contribution in [2.75, 3.05) is 13.1 Å². The molecular weight excluding hydrogens is 219 g/mol. The van der Waals surface area contributed by atoms with Crippen molar-refractivity contribution in [2.45, 2.75) is 5.92 Å². The molecule has 1 aliphatic rings. The van der Waals surface area contributed by atoms with E-state index >= 15 is 0 Å². The smallest absolute Gasteiger partial charge is 0.161 e. The van der Waals surface area contributed by atoms with Crippen molar-refractivity contribution in [2.24, 2.45) is 7.05 Å². The fourth-order valence-electron chi connectivity index (χ4n) is 1.93. The first kappa shape index (κ1) is 10.4. The molecule has 17 heavy (non-hydrogen) atoms. The Balaban J connectivity index is 2.03. The second-order valence-corrected chi connectivity index (χ2v) is 4.25. The van der Waals surface area contributed by atoms with Gasteiger partial charge < -0.3 is 5.32 Å². The van der Waals surface area contributed by atoms with Gasteiger partial charge in [0, 0.05) is 26.1 Å². The fraction of sp³-hybridized carbons (Fsp3) is 0.333. The van der Waals surface area contributed by atoms with Crippen LogP contribution in [0.3, 0.4) is 0 Å². The molecule has 0 atom stereocenters. The van der Waals surface area contributed by atoms with E-state index in [1.807, 2.05) is 0 Å². The Morgan fingerprint density at radius 3 is 2.76 bits per heavy atom. The van der Waals surface area contributed by atoms with Gasteiger partial charge in [-0.1, -0.05) is 12.1 Å². The van der Waals surface area contributed by atoms with Crippen molar-refractivity contribution in [3.63, 3.8) is 0 Å². The molecule has 5 heteroatoms. The summed E-state index contributed by atoms with van der Waals surface area (Å²) in [4.78, 5) is 4.43. The van der Waals surface area contributed by atoms with Crippen LogP contribution in [0.15, 0.2) is 24.3 Å². The van der Waals surface area contributed by atoms with E-state index in [0.29, 0.717) is 17.3 Å². The second-order valence-electron chi connectivity index (χ2n) is 4.25. The van der Waals surface area contributed by atoms with Crippen LogP contribution in [0.2, 0.25) is 0 Å². The van der Waals surface area contributed by atoms with Crippen LogP contribution in [0.25, 0.3) is 11.4 Å². The number of benzene rings is 1. The van der Waals surface area contributed by atoms with Crippen LogP contribution in [0.4, 0.5) is 4.39 Å². The number of hydrogen-bond donors (Lipinski definition) is 1. The Bertz CT molecular complexity index is 545. The van der Waals surface area contributed by atoms with Crippen LogP contribution in [0.5, 0.6) is 0 Å². The maximum absolute atomic E-state index is 13.7. The molecule has 0 saturated carbocycles. The second kappa shape index (κ2) is 3.92. The monoisotopic (exact) mass is 232 g/mol. The van der Waals surface area contributed by atoms with Crippen molar-refractivity contribution in [1.82, 2.24) is 20.1 Å². The molecule has 0 aliphatic carbocycles. The van der Waals surface area contributed by atoms with Gasteiger partial charge in [-0.3, -0.25) is 0 Å². The Morgan fingerprint density at radius 2 is 2.12 bits per heavy atom. The Labute approximate surface area is 98.5 Å². The summed E-state index contributed by atoms with van der Waals surface area (Å²) in [6, 6.07) is 6.64.